The van der Waals surface area contributed by atoms with Gasteiger partial charge < -0.3 is 10.2 Å². The van der Waals surface area contributed by atoms with Crippen molar-refractivity contribution < 1.29 is 18.5 Å². The lowest BCUT2D eigenvalue weighted by Crippen LogP contribution is -2.20. The van der Waals surface area contributed by atoms with Crippen LogP contribution in [-0.4, -0.2) is 31.2 Å². The van der Waals surface area contributed by atoms with Crippen LogP contribution in [0.15, 0.2) is 0 Å². The van der Waals surface area contributed by atoms with Gasteiger partial charge in [-0.25, -0.2) is 4.57 Å². The molecule has 1 aliphatic rings. The monoisotopic (exact) mass is 265 g/mol. The van der Waals surface area contributed by atoms with Crippen LogP contribution >= 0.6 is 7.82 Å². The van der Waals surface area contributed by atoms with Crippen molar-refractivity contribution in [3.05, 3.63) is 0 Å². The first-order valence-corrected chi connectivity index (χ1v) is 7.94. The zero-order valence-corrected chi connectivity index (χ0v) is 11.5. The Balaban J connectivity index is 1.94. The molecule has 1 unspecified atom stereocenters. The zero-order chi connectivity index (χ0) is 12.6. The molecule has 0 aromatic heterocycles. The van der Waals surface area contributed by atoms with Gasteiger partial charge in [0, 0.05) is 0 Å². The van der Waals surface area contributed by atoms with Crippen molar-refractivity contribution in [2.24, 2.45) is 0 Å². The Hall–Kier alpha value is 0.0700. The molecule has 0 bridgehead atoms. The summed E-state index contributed by atoms with van der Waals surface area (Å²) in [5.41, 5.74) is 0. The molecule has 0 aromatic rings. The van der Waals surface area contributed by atoms with Gasteiger partial charge in [0.25, 0.3) is 0 Å². The van der Waals surface area contributed by atoms with Gasteiger partial charge in [0.05, 0.1) is 12.7 Å². The maximum absolute atomic E-state index is 11.5. The van der Waals surface area contributed by atoms with E-state index in [2.05, 4.69) is 5.32 Å². The quantitative estimate of drug-likeness (QED) is 0.469. The molecule has 0 heterocycles. The molecule has 1 saturated carbocycles. The highest BCUT2D eigenvalue weighted by Crippen LogP contribution is 2.47. The second-order valence-electron chi connectivity index (χ2n) is 4.48. The molecule has 2 N–H and O–H groups in total. The van der Waals surface area contributed by atoms with Crippen LogP contribution in [0.2, 0.25) is 0 Å². The Morgan fingerprint density at radius 2 is 2.00 bits per heavy atom. The third-order valence-electron chi connectivity index (χ3n) is 2.91. The van der Waals surface area contributed by atoms with Gasteiger partial charge in [0.1, 0.15) is 0 Å². The van der Waals surface area contributed by atoms with E-state index in [1.807, 2.05) is 7.05 Å². The van der Waals surface area contributed by atoms with Crippen LogP contribution < -0.4 is 5.32 Å². The Labute approximate surface area is 104 Å². The lowest BCUT2D eigenvalue weighted by atomic mass is 9.97. The second-order valence-corrected chi connectivity index (χ2v) is 5.88. The first-order chi connectivity index (χ1) is 8.14. The van der Waals surface area contributed by atoms with Gasteiger partial charge in [-0.15, -0.1) is 0 Å². The normalized spacial score (nSPS) is 19.9. The van der Waals surface area contributed by atoms with Crippen molar-refractivity contribution >= 4 is 7.82 Å². The van der Waals surface area contributed by atoms with Crippen LogP contribution in [0, 0.1) is 0 Å². The number of rotatable bonds is 10. The molecule has 6 heteroatoms. The van der Waals surface area contributed by atoms with E-state index in [4.69, 9.17) is 9.05 Å². The summed E-state index contributed by atoms with van der Waals surface area (Å²) in [7, 11) is -1.85. The van der Waals surface area contributed by atoms with Gasteiger partial charge in [-0.05, 0) is 45.7 Å². The second kappa shape index (κ2) is 8.22. The van der Waals surface area contributed by atoms with Gasteiger partial charge in [-0.2, -0.15) is 0 Å². The SMILES string of the molecule is CNCCCCCCOP(=O)(O)OC1CCC1. The van der Waals surface area contributed by atoms with Gasteiger partial charge in [0.15, 0.2) is 0 Å². The molecule has 1 fully saturated rings. The summed E-state index contributed by atoms with van der Waals surface area (Å²) in [4.78, 5) is 9.39. The van der Waals surface area contributed by atoms with Crippen LogP contribution in [0.4, 0.5) is 0 Å². The molecule has 0 saturated heterocycles. The minimum atomic E-state index is -3.79. The van der Waals surface area contributed by atoms with E-state index in [1.54, 1.807) is 0 Å². The van der Waals surface area contributed by atoms with Crippen LogP contribution in [0.3, 0.4) is 0 Å². The molecule has 0 aromatic carbocycles. The van der Waals surface area contributed by atoms with Gasteiger partial charge in [-0.3, -0.25) is 9.05 Å². The highest BCUT2D eigenvalue weighted by Gasteiger charge is 2.29. The Bertz CT molecular complexity index is 246. The smallest absolute Gasteiger partial charge is 0.320 e. The summed E-state index contributed by atoms with van der Waals surface area (Å²) >= 11 is 0. The number of phosphoric acid groups is 1. The van der Waals surface area contributed by atoms with E-state index in [0.717, 1.165) is 51.5 Å². The molecule has 102 valence electrons. The van der Waals surface area contributed by atoms with Crippen LogP contribution in [0.5, 0.6) is 0 Å². The molecular formula is C11H24NO4P. The summed E-state index contributed by atoms with van der Waals surface area (Å²) in [6, 6.07) is 0. The molecule has 1 atom stereocenters. The highest BCUT2D eigenvalue weighted by molar-refractivity contribution is 7.47. The standard InChI is InChI=1S/C11H24NO4P/c1-12-9-4-2-3-5-10-15-17(13,14)16-11-7-6-8-11/h11-12H,2-10H2,1H3,(H,13,14). The molecule has 0 amide bonds. The van der Waals surface area contributed by atoms with E-state index in [9.17, 15) is 9.46 Å². The van der Waals surface area contributed by atoms with Gasteiger partial charge in [-0.1, -0.05) is 12.8 Å². The molecule has 1 rings (SSSR count). The molecule has 0 spiro atoms. The molecular weight excluding hydrogens is 241 g/mol. The molecule has 17 heavy (non-hydrogen) atoms. The van der Waals surface area contributed by atoms with Crippen molar-refractivity contribution in [3.8, 4) is 0 Å². The molecule has 1 aliphatic carbocycles. The number of nitrogens with one attached hydrogen (secondary N) is 1. The predicted molar refractivity (Wildman–Crippen MR) is 66.9 cm³/mol. The Morgan fingerprint density at radius 1 is 1.29 bits per heavy atom. The summed E-state index contributed by atoms with van der Waals surface area (Å²) < 4.78 is 21.4. The highest BCUT2D eigenvalue weighted by atomic mass is 31.2. The van der Waals surface area contributed by atoms with Crippen molar-refractivity contribution in [3.63, 3.8) is 0 Å². The lowest BCUT2D eigenvalue weighted by molar-refractivity contribution is 0.0601. The minimum Gasteiger partial charge on any atom is -0.320 e. The van der Waals surface area contributed by atoms with Crippen molar-refractivity contribution in [2.75, 3.05) is 20.2 Å². The summed E-state index contributed by atoms with van der Waals surface area (Å²) in [5, 5.41) is 3.08. The average molecular weight is 265 g/mol. The average Bonchev–Trinajstić information content (AvgIpc) is 2.23. The number of hydrogen-bond acceptors (Lipinski definition) is 4. The van der Waals surface area contributed by atoms with Crippen LogP contribution in [0.25, 0.3) is 0 Å². The van der Waals surface area contributed by atoms with Gasteiger partial charge >= 0.3 is 7.82 Å². The third-order valence-corrected chi connectivity index (χ3v) is 3.98. The number of hydrogen-bond donors (Lipinski definition) is 2. The fourth-order valence-electron chi connectivity index (χ4n) is 1.63. The van der Waals surface area contributed by atoms with Crippen LogP contribution in [-0.2, 0) is 13.6 Å². The van der Waals surface area contributed by atoms with E-state index in [1.165, 1.54) is 0 Å². The van der Waals surface area contributed by atoms with Crippen LogP contribution in [0.1, 0.15) is 44.9 Å². The third kappa shape index (κ3) is 7.17. The summed E-state index contributed by atoms with van der Waals surface area (Å²) in [6.07, 6.45) is 6.83. The van der Waals surface area contributed by atoms with Crippen molar-refractivity contribution in [1.82, 2.24) is 5.32 Å². The molecule has 0 radical (unpaired) electrons. The minimum absolute atomic E-state index is 0.0681. The van der Waals surface area contributed by atoms with E-state index >= 15 is 0 Å². The number of phosphoric ester groups is 1. The van der Waals surface area contributed by atoms with Crippen molar-refractivity contribution in [1.29, 1.82) is 0 Å². The Kier molecular flexibility index (Phi) is 7.32. The van der Waals surface area contributed by atoms with Crippen molar-refractivity contribution in [2.45, 2.75) is 51.0 Å². The zero-order valence-electron chi connectivity index (χ0n) is 10.6. The summed E-state index contributed by atoms with van der Waals surface area (Å²) in [5.74, 6) is 0. The fraction of sp³-hybridized carbons (Fsp3) is 1.00. The first-order valence-electron chi connectivity index (χ1n) is 6.44. The first kappa shape index (κ1) is 15.1. The molecule has 5 nitrogen and oxygen atoms in total. The van der Waals surface area contributed by atoms with Gasteiger partial charge in [0.2, 0.25) is 0 Å². The Morgan fingerprint density at radius 3 is 2.59 bits per heavy atom. The predicted octanol–water partition coefficient (Wildman–Crippen LogP) is 2.45. The lowest BCUT2D eigenvalue weighted by Gasteiger charge is -2.26. The van der Waals surface area contributed by atoms with E-state index < -0.39 is 7.82 Å². The summed E-state index contributed by atoms with van der Waals surface area (Å²) in [6.45, 7) is 1.32. The molecule has 0 aliphatic heterocycles. The fourth-order valence-corrected chi connectivity index (χ4v) is 2.64. The largest absolute Gasteiger partial charge is 0.472 e. The number of unbranched alkanes of at least 4 members (excludes halogenated alkanes) is 3. The van der Waals surface area contributed by atoms with E-state index in [-0.39, 0.29) is 6.10 Å². The maximum atomic E-state index is 11.5. The van der Waals surface area contributed by atoms with E-state index in [0.29, 0.717) is 6.61 Å². The maximum Gasteiger partial charge on any atom is 0.472 e. The topological polar surface area (TPSA) is 67.8 Å².